The molecule has 2 rings (SSSR count). The number of piperidine rings is 1. The number of halogens is 2. The molecule has 2 atom stereocenters. The fraction of sp³-hybridized carbons (Fsp3) is 0.625. The number of benzene rings is 1. The minimum absolute atomic E-state index is 0.156. The smallest absolute Gasteiger partial charge is 0.250 e. The van der Waals surface area contributed by atoms with Crippen LogP contribution in [0.1, 0.15) is 30.4 Å². The highest BCUT2D eigenvalue weighted by atomic mass is 19.3. The van der Waals surface area contributed by atoms with E-state index < -0.39 is 6.43 Å². The molecule has 0 amide bonds. The summed E-state index contributed by atoms with van der Waals surface area (Å²) in [5, 5.41) is 3.01. The molecule has 0 aromatic heterocycles. The Balaban J connectivity index is 2.04. The summed E-state index contributed by atoms with van der Waals surface area (Å²) in [4.78, 5) is 2.35. The average molecular weight is 282 g/mol. The number of nitrogens with one attached hydrogen (secondary N) is 1. The highest BCUT2D eigenvalue weighted by Gasteiger charge is 2.27. The number of rotatable bonds is 5. The summed E-state index contributed by atoms with van der Waals surface area (Å²) < 4.78 is 24.7. The third kappa shape index (κ3) is 4.25. The van der Waals surface area contributed by atoms with Gasteiger partial charge in [-0.05, 0) is 31.4 Å². The van der Waals surface area contributed by atoms with Crippen molar-refractivity contribution in [1.29, 1.82) is 0 Å². The molecule has 0 bridgehead atoms. The maximum Gasteiger partial charge on any atom is 0.250 e. The van der Waals surface area contributed by atoms with Gasteiger partial charge in [0.15, 0.2) is 0 Å². The van der Waals surface area contributed by atoms with Crippen LogP contribution in [0.4, 0.5) is 8.78 Å². The van der Waals surface area contributed by atoms with E-state index in [0.29, 0.717) is 5.92 Å². The van der Waals surface area contributed by atoms with Crippen LogP contribution in [0, 0.1) is 6.92 Å². The van der Waals surface area contributed by atoms with Crippen LogP contribution < -0.4 is 5.32 Å². The molecule has 2 unspecified atom stereocenters. The van der Waals surface area contributed by atoms with E-state index in [4.69, 9.17) is 0 Å². The van der Waals surface area contributed by atoms with E-state index >= 15 is 0 Å². The fourth-order valence-electron chi connectivity index (χ4n) is 3.02. The maximum absolute atomic E-state index is 12.4. The van der Waals surface area contributed by atoms with Gasteiger partial charge in [0.1, 0.15) is 0 Å². The van der Waals surface area contributed by atoms with Crippen LogP contribution in [-0.4, -0.2) is 43.5 Å². The van der Waals surface area contributed by atoms with Gasteiger partial charge in [0, 0.05) is 19.1 Å². The largest absolute Gasteiger partial charge is 0.307 e. The lowest BCUT2D eigenvalue weighted by molar-refractivity contribution is 0.122. The third-order valence-corrected chi connectivity index (χ3v) is 4.05. The molecule has 0 spiro atoms. The Morgan fingerprint density at radius 2 is 2.15 bits per heavy atom. The van der Waals surface area contributed by atoms with Crippen LogP contribution in [0.15, 0.2) is 24.3 Å². The second-order valence-corrected chi connectivity index (χ2v) is 5.70. The number of likely N-dealkylation sites (N-methyl/N-ethyl adjacent to an activating group) is 1. The fourth-order valence-corrected chi connectivity index (χ4v) is 3.02. The van der Waals surface area contributed by atoms with E-state index in [9.17, 15) is 8.78 Å². The Morgan fingerprint density at radius 3 is 2.80 bits per heavy atom. The molecule has 1 fully saturated rings. The molecule has 112 valence electrons. The van der Waals surface area contributed by atoms with Gasteiger partial charge in [-0.2, -0.15) is 0 Å². The molecule has 1 aromatic carbocycles. The molecule has 0 aliphatic carbocycles. The first-order valence-electron chi connectivity index (χ1n) is 7.39. The van der Waals surface area contributed by atoms with Crippen molar-refractivity contribution in [2.75, 3.05) is 26.2 Å². The average Bonchev–Trinajstić information content (AvgIpc) is 2.44. The van der Waals surface area contributed by atoms with Crippen molar-refractivity contribution in [2.45, 2.75) is 38.7 Å². The monoisotopic (exact) mass is 282 g/mol. The second-order valence-electron chi connectivity index (χ2n) is 5.70. The Hall–Kier alpha value is -1.00. The predicted octanol–water partition coefficient (Wildman–Crippen LogP) is 3.03. The van der Waals surface area contributed by atoms with Gasteiger partial charge in [-0.3, -0.25) is 0 Å². The van der Waals surface area contributed by atoms with Crippen molar-refractivity contribution in [2.24, 2.45) is 0 Å². The van der Waals surface area contributed by atoms with Gasteiger partial charge in [0.25, 0.3) is 6.43 Å². The number of alkyl halides is 2. The zero-order chi connectivity index (χ0) is 14.5. The highest BCUT2D eigenvalue weighted by molar-refractivity contribution is 5.26. The molecule has 20 heavy (non-hydrogen) atoms. The maximum atomic E-state index is 12.4. The lowest BCUT2D eigenvalue weighted by Gasteiger charge is -2.38. The Labute approximate surface area is 120 Å². The van der Waals surface area contributed by atoms with Gasteiger partial charge in [-0.1, -0.05) is 36.8 Å². The standard InChI is InChI=1S/C16H24F2N2/c1-3-20-10-14(13-6-4-5-12(2)7-13)8-15(11-20)19-9-16(17)18/h4-7,14-16,19H,3,8-11H2,1-2H3. The molecule has 1 heterocycles. The first-order chi connectivity index (χ1) is 9.58. The van der Waals surface area contributed by atoms with Gasteiger partial charge in [-0.15, -0.1) is 0 Å². The summed E-state index contributed by atoms with van der Waals surface area (Å²) in [6.07, 6.45) is -1.34. The van der Waals surface area contributed by atoms with Gasteiger partial charge in [-0.25, -0.2) is 8.78 Å². The second kappa shape index (κ2) is 7.14. The van der Waals surface area contributed by atoms with Gasteiger partial charge >= 0.3 is 0 Å². The number of likely N-dealkylation sites (tertiary alicyclic amines) is 1. The lowest BCUT2D eigenvalue weighted by Crippen LogP contribution is -2.49. The minimum atomic E-state index is -2.27. The van der Waals surface area contributed by atoms with E-state index in [1.54, 1.807) is 0 Å². The van der Waals surface area contributed by atoms with Crippen molar-refractivity contribution in [1.82, 2.24) is 10.2 Å². The number of nitrogens with zero attached hydrogens (tertiary/aromatic N) is 1. The molecule has 1 aliphatic rings. The van der Waals surface area contributed by atoms with Gasteiger partial charge in [0.2, 0.25) is 0 Å². The quantitative estimate of drug-likeness (QED) is 0.893. The molecule has 1 aromatic rings. The number of hydrogen-bond acceptors (Lipinski definition) is 2. The van der Waals surface area contributed by atoms with Crippen molar-refractivity contribution in [3.63, 3.8) is 0 Å². The van der Waals surface area contributed by atoms with Crippen molar-refractivity contribution in [3.8, 4) is 0 Å². The number of hydrogen-bond donors (Lipinski definition) is 1. The van der Waals surface area contributed by atoms with E-state index in [1.165, 1.54) is 11.1 Å². The molecule has 0 saturated carbocycles. The van der Waals surface area contributed by atoms with Crippen LogP contribution >= 0.6 is 0 Å². The SMILES string of the molecule is CCN1CC(NCC(F)F)CC(c2cccc(C)c2)C1. The van der Waals surface area contributed by atoms with E-state index in [-0.39, 0.29) is 12.6 Å². The third-order valence-electron chi connectivity index (χ3n) is 4.05. The van der Waals surface area contributed by atoms with Crippen LogP contribution in [0.25, 0.3) is 0 Å². The van der Waals surface area contributed by atoms with Crippen molar-refractivity contribution >= 4 is 0 Å². The summed E-state index contributed by atoms with van der Waals surface area (Å²) in [6, 6.07) is 8.70. The first kappa shape index (κ1) is 15.4. The molecule has 1 aliphatic heterocycles. The zero-order valence-corrected chi connectivity index (χ0v) is 12.3. The highest BCUT2D eigenvalue weighted by Crippen LogP contribution is 2.27. The minimum Gasteiger partial charge on any atom is -0.307 e. The molecule has 4 heteroatoms. The van der Waals surface area contributed by atoms with E-state index in [2.05, 4.69) is 48.3 Å². The van der Waals surface area contributed by atoms with Gasteiger partial charge < -0.3 is 10.2 Å². The van der Waals surface area contributed by atoms with Crippen LogP contribution in [-0.2, 0) is 0 Å². The summed E-state index contributed by atoms with van der Waals surface area (Å²) in [6.45, 7) is 6.87. The van der Waals surface area contributed by atoms with Crippen LogP contribution in [0.5, 0.6) is 0 Å². The van der Waals surface area contributed by atoms with Crippen molar-refractivity contribution in [3.05, 3.63) is 35.4 Å². The zero-order valence-electron chi connectivity index (χ0n) is 12.3. The lowest BCUT2D eigenvalue weighted by atomic mass is 9.87. The first-order valence-corrected chi connectivity index (χ1v) is 7.39. The van der Waals surface area contributed by atoms with Gasteiger partial charge in [0.05, 0.1) is 6.54 Å². The molecular weight excluding hydrogens is 258 g/mol. The summed E-state index contributed by atoms with van der Waals surface area (Å²) in [5.41, 5.74) is 2.58. The topological polar surface area (TPSA) is 15.3 Å². The van der Waals surface area contributed by atoms with E-state index in [1.807, 2.05) is 0 Å². The Morgan fingerprint density at radius 1 is 1.35 bits per heavy atom. The van der Waals surface area contributed by atoms with Crippen LogP contribution in [0.3, 0.4) is 0 Å². The summed E-state index contributed by atoms with van der Waals surface area (Å²) in [5.74, 6) is 0.429. The molecule has 1 saturated heterocycles. The van der Waals surface area contributed by atoms with Crippen molar-refractivity contribution < 1.29 is 8.78 Å². The number of aryl methyl sites for hydroxylation is 1. The summed E-state index contributed by atoms with van der Waals surface area (Å²) in [7, 11) is 0. The molecule has 2 nitrogen and oxygen atoms in total. The van der Waals surface area contributed by atoms with Crippen LogP contribution in [0.2, 0.25) is 0 Å². The Bertz CT molecular complexity index is 423. The predicted molar refractivity (Wildman–Crippen MR) is 78.4 cm³/mol. The molecular formula is C16H24F2N2. The molecule has 0 radical (unpaired) electrons. The summed E-state index contributed by atoms with van der Waals surface area (Å²) >= 11 is 0. The molecule has 1 N–H and O–H groups in total. The van der Waals surface area contributed by atoms with E-state index in [0.717, 1.165) is 26.1 Å². The Kier molecular flexibility index (Phi) is 5.49. The normalized spacial score (nSPS) is 24.2.